The van der Waals surface area contributed by atoms with Crippen LogP contribution in [-0.4, -0.2) is 62.6 Å². The van der Waals surface area contributed by atoms with Crippen molar-refractivity contribution in [3.05, 3.63) is 18.5 Å². The van der Waals surface area contributed by atoms with E-state index in [9.17, 15) is 9.59 Å². The van der Waals surface area contributed by atoms with Crippen molar-refractivity contribution in [1.29, 1.82) is 0 Å². The molecule has 0 aliphatic carbocycles. The third kappa shape index (κ3) is 7.90. The van der Waals surface area contributed by atoms with Crippen molar-refractivity contribution in [2.24, 2.45) is 4.99 Å². The molecule has 0 radical (unpaired) electrons. The van der Waals surface area contributed by atoms with E-state index < -0.39 is 23.4 Å². The molecule has 0 N–H and O–H groups in total. The molecule has 0 atom stereocenters. The fraction of sp³-hybridized carbons (Fsp3) is 0.647. The van der Waals surface area contributed by atoms with Crippen molar-refractivity contribution >= 4 is 29.9 Å². The van der Waals surface area contributed by atoms with Crippen LogP contribution in [0, 0.1) is 0 Å². The normalized spacial score (nSPS) is 12.7. The lowest BCUT2D eigenvalue weighted by Crippen LogP contribution is -2.45. The Balaban J connectivity index is 3.25. The Labute approximate surface area is 158 Å². The summed E-state index contributed by atoms with van der Waals surface area (Å²) in [6.07, 6.45) is 3.64. The third-order valence-electron chi connectivity index (χ3n) is 2.67. The second-order valence-electron chi connectivity index (χ2n) is 7.47. The number of ether oxygens (including phenoxy) is 2. The molecule has 8 nitrogen and oxygen atoms in total. The summed E-state index contributed by atoms with van der Waals surface area (Å²) in [5.74, 6) is 0.668. The predicted molar refractivity (Wildman–Crippen MR) is 103 cm³/mol. The average Bonchev–Trinajstić information content (AvgIpc) is 2.96. The molecular formula is C17H28N4O4S. The van der Waals surface area contributed by atoms with Gasteiger partial charge in [-0.3, -0.25) is 0 Å². The van der Waals surface area contributed by atoms with Crippen molar-refractivity contribution in [2.45, 2.75) is 52.7 Å². The molecule has 146 valence electrons. The Morgan fingerprint density at radius 2 is 1.77 bits per heavy atom. The number of carbonyl (C=O) groups is 2. The van der Waals surface area contributed by atoms with E-state index >= 15 is 0 Å². The van der Waals surface area contributed by atoms with E-state index in [0.717, 1.165) is 0 Å². The highest BCUT2D eigenvalue weighted by atomic mass is 32.2. The zero-order valence-corrected chi connectivity index (χ0v) is 17.3. The molecule has 1 aromatic rings. The number of aromatic nitrogens is 2. The molecule has 0 saturated carbocycles. The Hall–Kier alpha value is -2.03. The summed E-state index contributed by atoms with van der Waals surface area (Å²) in [6, 6.07) is 1.67. The van der Waals surface area contributed by atoms with Crippen LogP contribution >= 0.6 is 11.8 Å². The fourth-order valence-electron chi connectivity index (χ4n) is 1.76. The molecule has 0 saturated heterocycles. The monoisotopic (exact) mass is 384 g/mol. The number of nitrogens with zero attached hydrogens (tertiary/aromatic N) is 4. The van der Waals surface area contributed by atoms with Crippen LogP contribution in [-0.2, 0) is 9.47 Å². The number of hydrogen-bond acceptors (Lipinski definition) is 6. The number of aliphatic imine (C=N–C) groups is 1. The highest BCUT2D eigenvalue weighted by Gasteiger charge is 2.28. The number of hydrogen-bond donors (Lipinski definition) is 0. The van der Waals surface area contributed by atoms with Crippen molar-refractivity contribution in [2.75, 3.05) is 18.6 Å². The molecular weight excluding hydrogens is 356 g/mol. The molecule has 0 aliphatic heterocycles. The maximum absolute atomic E-state index is 12.7. The van der Waals surface area contributed by atoms with Crippen LogP contribution in [0.25, 0.3) is 0 Å². The molecule has 0 unspecified atom stereocenters. The molecule has 26 heavy (non-hydrogen) atoms. The van der Waals surface area contributed by atoms with E-state index in [-0.39, 0.29) is 5.96 Å². The highest BCUT2D eigenvalue weighted by molar-refractivity contribution is 7.98. The van der Waals surface area contributed by atoms with Crippen molar-refractivity contribution < 1.29 is 19.1 Å². The summed E-state index contributed by atoms with van der Waals surface area (Å²) in [7, 11) is 0. The van der Waals surface area contributed by atoms with Crippen LogP contribution in [0.15, 0.2) is 23.5 Å². The van der Waals surface area contributed by atoms with Crippen LogP contribution in [0.5, 0.6) is 0 Å². The molecule has 9 heteroatoms. The fourth-order valence-corrected chi connectivity index (χ4v) is 2.13. The maximum Gasteiger partial charge on any atom is 0.437 e. The Morgan fingerprint density at radius 1 is 1.15 bits per heavy atom. The molecule has 1 rings (SSSR count). The van der Waals surface area contributed by atoms with Gasteiger partial charge in [-0.2, -0.15) is 16.9 Å². The Kier molecular flexibility index (Phi) is 7.68. The lowest BCUT2D eigenvalue weighted by molar-refractivity contribution is 0.0370. The van der Waals surface area contributed by atoms with Gasteiger partial charge in [0.1, 0.15) is 11.2 Å². The van der Waals surface area contributed by atoms with Gasteiger partial charge < -0.3 is 9.47 Å². The summed E-state index contributed by atoms with van der Waals surface area (Å²) in [6.45, 7) is 10.9. The van der Waals surface area contributed by atoms with Gasteiger partial charge in [-0.25, -0.2) is 19.2 Å². The second kappa shape index (κ2) is 9.07. The van der Waals surface area contributed by atoms with E-state index in [1.165, 1.54) is 15.8 Å². The Bertz CT molecular complexity index is 630. The number of amides is 2. The maximum atomic E-state index is 12.7. The molecule has 1 heterocycles. The van der Waals surface area contributed by atoms with Crippen molar-refractivity contribution in [3.8, 4) is 0 Å². The minimum atomic E-state index is -0.805. The first-order chi connectivity index (χ1) is 11.9. The summed E-state index contributed by atoms with van der Waals surface area (Å²) in [5.41, 5.74) is -1.39. The van der Waals surface area contributed by atoms with E-state index in [0.29, 0.717) is 12.3 Å². The van der Waals surface area contributed by atoms with Crippen LogP contribution in [0.3, 0.4) is 0 Å². The molecule has 1 aromatic heterocycles. The quantitative estimate of drug-likeness (QED) is 0.584. The Morgan fingerprint density at radius 3 is 2.23 bits per heavy atom. The van der Waals surface area contributed by atoms with E-state index in [2.05, 4.69) is 10.1 Å². The highest BCUT2D eigenvalue weighted by Crippen LogP contribution is 2.13. The lowest BCUT2D eigenvalue weighted by Gasteiger charge is -2.28. The van der Waals surface area contributed by atoms with Crippen LogP contribution in [0.1, 0.15) is 41.5 Å². The van der Waals surface area contributed by atoms with Crippen molar-refractivity contribution in [1.82, 2.24) is 14.7 Å². The minimum Gasteiger partial charge on any atom is -0.443 e. The smallest absolute Gasteiger partial charge is 0.437 e. The predicted octanol–water partition coefficient (Wildman–Crippen LogP) is 3.62. The summed E-state index contributed by atoms with van der Waals surface area (Å²) < 4.78 is 12.1. The average molecular weight is 385 g/mol. The molecule has 2 amide bonds. The van der Waals surface area contributed by atoms with Gasteiger partial charge in [-0.15, -0.1) is 4.99 Å². The molecule has 0 bridgehead atoms. The van der Waals surface area contributed by atoms with E-state index in [1.54, 1.807) is 65.6 Å². The molecule has 0 aromatic carbocycles. The van der Waals surface area contributed by atoms with Crippen LogP contribution in [0.4, 0.5) is 9.59 Å². The third-order valence-corrected chi connectivity index (χ3v) is 3.26. The van der Waals surface area contributed by atoms with Gasteiger partial charge in [-0.1, -0.05) is 0 Å². The van der Waals surface area contributed by atoms with Gasteiger partial charge >= 0.3 is 12.2 Å². The van der Waals surface area contributed by atoms with Gasteiger partial charge in [0, 0.05) is 24.7 Å². The van der Waals surface area contributed by atoms with Crippen LogP contribution in [0.2, 0.25) is 0 Å². The lowest BCUT2D eigenvalue weighted by atomic mass is 10.2. The van der Waals surface area contributed by atoms with Crippen LogP contribution < -0.4 is 0 Å². The van der Waals surface area contributed by atoms with Gasteiger partial charge in [-0.05, 0) is 53.9 Å². The van der Waals surface area contributed by atoms with E-state index in [4.69, 9.17) is 9.47 Å². The summed E-state index contributed by atoms with van der Waals surface area (Å²) in [4.78, 5) is 30.2. The minimum absolute atomic E-state index is 0.0348. The standard InChI is InChI=1S/C17H28N4O4S/c1-16(2,3)24-14(22)19-13(21-10-8-9-18-21)20(11-12-26-7)15(23)25-17(4,5)6/h8-10H,11-12H2,1-7H3/b19-13-. The second-order valence-corrected chi connectivity index (χ2v) is 8.45. The first kappa shape index (κ1) is 22.0. The first-order valence-electron chi connectivity index (χ1n) is 8.24. The number of rotatable bonds is 3. The number of thioether (sulfide) groups is 1. The topological polar surface area (TPSA) is 86.0 Å². The molecule has 0 fully saturated rings. The molecule has 0 aliphatic rings. The van der Waals surface area contributed by atoms with E-state index in [1.807, 2.05) is 6.26 Å². The van der Waals surface area contributed by atoms with Gasteiger partial charge in [0.2, 0.25) is 5.96 Å². The zero-order valence-electron chi connectivity index (χ0n) is 16.5. The molecule has 0 spiro atoms. The van der Waals surface area contributed by atoms with Gasteiger partial charge in [0.25, 0.3) is 0 Å². The zero-order chi connectivity index (χ0) is 20.0. The van der Waals surface area contributed by atoms with Crippen molar-refractivity contribution in [3.63, 3.8) is 0 Å². The summed E-state index contributed by atoms with van der Waals surface area (Å²) >= 11 is 1.56. The first-order valence-corrected chi connectivity index (χ1v) is 9.63. The summed E-state index contributed by atoms with van der Waals surface area (Å²) in [5, 5.41) is 4.10. The largest absolute Gasteiger partial charge is 0.443 e. The van der Waals surface area contributed by atoms with Gasteiger partial charge in [0.15, 0.2) is 0 Å². The SMILES string of the molecule is CSCCN(C(=O)OC(C)(C)C)/C(=N/C(=O)OC(C)(C)C)n1cccn1. The number of carbonyl (C=O) groups excluding carboxylic acids is 2. The van der Waals surface area contributed by atoms with Gasteiger partial charge in [0.05, 0.1) is 0 Å².